The van der Waals surface area contributed by atoms with E-state index in [2.05, 4.69) is 5.10 Å². The standard InChI is InChI=1S/C21H23Cl2N5O4S3/c1-28-21(26-14-5-3-2-4-6-14)33-20(27-28)13-9-15(19(23)18(11-13)35(25,31)32)12-7-8-16(22)17(10-12)34(24,29)30/h7-11,14H,2-6H2,1H3,(H2,24,29,30)(H2,25,31,32). The van der Waals surface area contributed by atoms with E-state index < -0.39 is 20.0 Å². The van der Waals surface area contributed by atoms with Crippen molar-refractivity contribution in [2.75, 3.05) is 0 Å². The lowest BCUT2D eigenvalue weighted by molar-refractivity contribution is 0.434. The number of rotatable bonds is 5. The third-order valence-electron chi connectivity index (χ3n) is 5.71. The minimum absolute atomic E-state index is 0.0730. The maximum atomic E-state index is 12.4. The molecule has 1 fully saturated rings. The van der Waals surface area contributed by atoms with E-state index in [1.54, 1.807) is 17.8 Å². The summed E-state index contributed by atoms with van der Waals surface area (Å²) in [4.78, 5) is 4.92. The summed E-state index contributed by atoms with van der Waals surface area (Å²) in [5, 5.41) is 15.5. The van der Waals surface area contributed by atoms with Gasteiger partial charge in [-0.3, -0.25) is 4.99 Å². The van der Waals surface area contributed by atoms with Gasteiger partial charge < -0.3 is 0 Å². The number of halogens is 2. The van der Waals surface area contributed by atoms with Gasteiger partial charge in [0.25, 0.3) is 0 Å². The Hall–Kier alpha value is -1.80. The molecule has 9 nitrogen and oxygen atoms in total. The predicted molar refractivity (Wildman–Crippen MR) is 137 cm³/mol. The van der Waals surface area contributed by atoms with Crippen LogP contribution in [0.3, 0.4) is 0 Å². The quantitative estimate of drug-likeness (QED) is 0.475. The van der Waals surface area contributed by atoms with Gasteiger partial charge in [0.2, 0.25) is 24.8 Å². The highest BCUT2D eigenvalue weighted by atomic mass is 35.5. The van der Waals surface area contributed by atoms with Gasteiger partial charge in [-0.1, -0.05) is 59.9 Å². The number of benzene rings is 2. The van der Waals surface area contributed by atoms with Crippen molar-refractivity contribution in [3.63, 3.8) is 0 Å². The smallest absolute Gasteiger partial charge is 0.239 e. The Labute approximate surface area is 217 Å². The average Bonchev–Trinajstić information content (AvgIpc) is 3.13. The fraction of sp³-hybridized carbons (Fsp3) is 0.333. The van der Waals surface area contributed by atoms with Gasteiger partial charge in [-0.25, -0.2) is 31.8 Å². The number of hydrogen-bond acceptors (Lipinski definition) is 7. The molecule has 0 amide bonds. The first-order valence-electron chi connectivity index (χ1n) is 10.6. The van der Waals surface area contributed by atoms with Crippen LogP contribution in [0.5, 0.6) is 0 Å². The van der Waals surface area contributed by atoms with Crippen LogP contribution >= 0.6 is 34.5 Å². The molecule has 35 heavy (non-hydrogen) atoms. The molecule has 1 aliphatic rings. The van der Waals surface area contributed by atoms with E-state index in [1.165, 1.54) is 42.0 Å². The lowest BCUT2D eigenvalue weighted by Gasteiger charge is -2.16. The molecule has 1 aliphatic carbocycles. The summed E-state index contributed by atoms with van der Waals surface area (Å²) in [6, 6.07) is 7.30. The van der Waals surface area contributed by atoms with E-state index in [9.17, 15) is 16.8 Å². The molecule has 1 heterocycles. The molecule has 188 valence electrons. The van der Waals surface area contributed by atoms with Crippen molar-refractivity contribution in [2.24, 2.45) is 22.3 Å². The van der Waals surface area contributed by atoms with Gasteiger partial charge in [0.05, 0.1) is 16.1 Å². The highest BCUT2D eigenvalue weighted by Gasteiger charge is 2.23. The van der Waals surface area contributed by atoms with Gasteiger partial charge in [0.1, 0.15) is 14.8 Å². The first-order valence-corrected chi connectivity index (χ1v) is 15.3. The van der Waals surface area contributed by atoms with Crippen molar-refractivity contribution in [3.05, 3.63) is 45.2 Å². The second-order valence-corrected chi connectivity index (χ2v) is 13.1. The summed E-state index contributed by atoms with van der Waals surface area (Å²) in [5.74, 6) is 0. The van der Waals surface area contributed by atoms with E-state index in [4.69, 9.17) is 38.5 Å². The molecule has 4 rings (SSSR count). The van der Waals surface area contributed by atoms with Crippen LogP contribution in [0.1, 0.15) is 32.1 Å². The Morgan fingerprint density at radius 2 is 1.60 bits per heavy atom. The normalized spacial score (nSPS) is 16.1. The summed E-state index contributed by atoms with van der Waals surface area (Å²) in [7, 11) is -6.59. The Balaban J connectivity index is 1.91. The van der Waals surface area contributed by atoms with E-state index in [1.807, 2.05) is 0 Å². The van der Waals surface area contributed by atoms with E-state index >= 15 is 0 Å². The number of aryl methyl sites for hydroxylation is 1. The first-order chi connectivity index (χ1) is 16.3. The largest absolute Gasteiger partial charge is 0.254 e. The van der Waals surface area contributed by atoms with Crippen LogP contribution in [-0.2, 0) is 27.1 Å². The molecule has 2 aromatic carbocycles. The average molecular weight is 577 g/mol. The zero-order chi connectivity index (χ0) is 25.5. The zero-order valence-corrected chi connectivity index (χ0v) is 22.6. The van der Waals surface area contributed by atoms with Gasteiger partial charge in [-0.15, -0.1) is 0 Å². The minimum Gasteiger partial charge on any atom is -0.254 e. The maximum absolute atomic E-state index is 12.4. The number of hydrogen-bond donors (Lipinski definition) is 2. The van der Waals surface area contributed by atoms with Gasteiger partial charge >= 0.3 is 0 Å². The van der Waals surface area contributed by atoms with Crippen molar-refractivity contribution < 1.29 is 16.8 Å². The molecule has 14 heteroatoms. The Morgan fingerprint density at radius 1 is 0.971 bits per heavy atom. The molecule has 1 saturated carbocycles. The van der Waals surface area contributed by atoms with Crippen LogP contribution in [0.25, 0.3) is 21.7 Å². The lowest BCUT2D eigenvalue weighted by Crippen LogP contribution is -2.18. The summed E-state index contributed by atoms with van der Waals surface area (Å²) in [6.45, 7) is 0. The molecule has 1 aromatic heterocycles. The maximum Gasteiger partial charge on any atom is 0.239 e. The van der Waals surface area contributed by atoms with Crippen LogP contribution in [0.15, 0.2) is 45.1 Å². The summed E-state index contributed by atoms with van der Waals surface area (Å²) in [5.41, 5.74) is 0.966. The minimum atomic E-state index is -4.22. The third kappa shape index (κ3) is 5.79. The number of aromatic nitrogens is 2. The van der Waals surface area contributed by atoms with Crippen molar-refractivity contribution in [1.82, 2.24) is 9.78 Å². The molecule has 0 spiro atoms. The molecular formula is C21H23Cl2N5O4S3. The molecule has 3 aromatic rings. The van der Waals surface area contributed by atoms with E-state index in [0.29, 0.717) is 20.9 Å². The van der Waals surface area contributed by atoms with Crippen LogP contribution in [-0.4, -0.2) is 32.7 Å². The van der Waals surface area contributed by atoms with Gasteiger partial charge in [0.15, 0.2) is 0 Å². The summed E-state index contributed by atoms with van der Waals surface area (Å²) < 4.78 is 50.3. The number of primary sulfonamides is 2. The Bertz CT molecular complexity index is 1570. The van der Waals surface area contributed by atoms with Crippen LogP contribution in [0.2, 0.25) is 10.0 Å². The second-order valence-electron chi connectivity index (χ2n) is 8.31. The fourth-order valence-electron chi connectivity index (χ4n) is 3.97. The van der Waals surface area contributed by atoms with Crippen molar-refractivity contribution >= 4 is 54.6 Å². The molecule has 0 saturated heterocycles. The van der Waals surface area contributed by atoms with Gasteiger partial charge in [-0.2, -0.15) is 5.10 Å². The van der Waals surface area contributed by atoms with Crippen LogP contribution in [0, 0.1) is 0 Å². The molecule has 0 atom stereocenters. The Morgan fingerprint density at radius 3 is 2.23 bits per heavy atom. The van der Waals surface area contributed by atoms with Crippen molar-refractivity contribution in [2.45, 2.75) is 47.9 Å². The van der Waals surface area contributed by atoms with Gasteiger partial charge in [-0.05, 0) is 42.7 Å². The van der Waals surface area contributed by atoms with Crippen molar-refractivity contribution in [3.8, 4) is 21.7 Å². The monoisotopic (exact) mass is 575 g/mol. The molecule has 4 N–H and O–H groups in total. The number of nitrogens with zero attached hydrogens (tertiary/aromatic N) is 3. The third-order valence-corrected chi connectivity index (χ3v) is 9.62. The highest BCUT2D eigenvalue weighted by molar-refractivity contribution is 7.89. The predicted octanol–water partition coefficient (Wildman–Crippen LogP) is 3.65. The summed E-state index contributed by atoms with van der Waals surface area (Å²) >= 11 is 13.8. The fourth-order valence-corrected chi connectivity index (χ4v) is 7.18. The van der Waals surface area contributed by atoms with Gasteiger partial charge in [0, 0.05) is 18.2 Å². The summed E-state index contributed by atoms with van der Waals surface area (Å²) in [6.07, 6.45) is 5.55. The zero-order valence-electron chi connectivity index (χ0n) is 18.6. The number of sulfonamides is 2. The highest BCUT2D eigenvalue weighted by Crippen LogP contribution is 2.39. The SMILES string of the molecule is Cn1nc(-c2cc(-c3ccc(Cl)c(S(N)(=O)=O)c3)c(Cl)c(S(N)(=O)=O)c2)sc1=NC1CCCCC1. The first kappa shape index (κ1) is 26.3. The second kappa shape index (κ2) is 9.92. The topological polar surface area (TPSA) is 150 Å². The van der Waals surface area contributed by atoms with E-state index in [0.717, 1.165) is 25.7 Å². The molecule has 0 bridgehead atoms. The molecule has 0 aliphatic heterocycles. The van der Waals surface area contributed by atoms with Crippen LogP contribution < -0.4 is 15.1 Å². The lowest BCUT2D eigenvalue weighted by atomic mass is 9.96. The Kier molecular flexibility index (Phi) is 7.45. The van der Waals surface area contributed by atoms with Crippen molar-refractivity contribution in [1.29, 1.82) is 0 Å². The van der Waals surface area contributed by atoms with Crippen LogP contribution in [0.4, 0.5) is 0 Å². The number of nitrogens with two attached hydrogens (primary N) is 2. The molecule has 0 unspecified atom stereocenters. The molecular weight excluding hydrogens is 553 g/mol. The van der Waals surface area contributed by atoms with E-state index in [-0.39, 0.29) is 31.4 Å². The molecule has 0 radical (unpaired) electrons.